The summed E-state index contributed by atoms with van der Waals surface area (Å²) in [5, 5.41) is 11.2. The Kier molecular flexibility index (Phi) is 6.87. The molecule has 1 saturated heterocycles. The maximum Gasteiger partial charge on any atom is 0.295 e. The highest BCUT2D eigenvalue weighted by Gasteiger charge is 2.46. The van der Waals surface area contributed by atoms with Crippen LogP contribution in [-0.2, 0) is 22.6 Å². The molecule has 4 rings (SSSR count). The molecule has 34 heavy (non-hydrogen) atoms. The van der Waals surface area contributed by atoms with Gasteiger partial charge in [-0.15, -0.1) is 0 Å². The second kappa shape index (κ2) is 10.2. The molecule has 1 aromatic heterocycles. The van der Waals surface area contributed by atoms with Gasteiger partial charge in [0, 0.05) is 24.5 Å². The molecule has 1 aliphatic rings. The van der Waals surface area contributed by atoms with E-state index in [1.165, 1.54) is 4.90 Å². The number of carbonyl (C=O) groups is 2. The number of likely N-dealkylation sites (tertiary alicyclic amines) is 1. The van der Waals surface area contributed by atoms with Crippen molar-refractivity contribution in [3.05, 3.63) is 114 Å². The first-order valence-electron chi connectivity index (χ1n) is 11.1. The molecule has 0 spiro atoms. The van der Waals surface area contributed by atoms with Crippen LogP contribution in [0.15, 0.2) is 91.3 Å². The Labute approximate surface area is 198 Å². The summed E-state index contributed by atoms with van der Waals surface area (Å²) in [7, 11) is 0. The van der Waals surface area contributed by atoms with Crippen molar-refractivity contribution in [2.75, 3.05) is 6.61 Å². The van der Waals surface area contributed by atoms with E-state index in [-0.39, 0.29) is 17.9 Å². The molecule has 1 amide bonds. The number of nitrogens with zero attached hydrogens (tertiary/aromatic N) is 2. The van der Waals surface area contributed by atoms with Crippen molar-refractivity contribution < 1.29 is 19.4 Å². The highest BCUT2D eigenvalue weighted by molar-refractivity contribution is 6.46. The molecule has 2 aromatic carbocycles. The van der Waals surface area contributed by atoms with Crippen LogP contribution in [0, 0.1) is 0 Å². The summed E-state index contributed by atoms with van der Waals surface area (Å²) in [6.07, 6.45) is 5.83. The van der Waals surface area contributed by atoms with Crippen LogP contribution in [0.5, 0.6) is 5.75 Å². The fraction of sp³-hybridized carbons (Fsp3) is 0.179. The topological polar surface area (TPSA) is 79.7 Å². The van der Waals surface area contributed by atoms with E-state index in [9.17, 15) is 14.7 Å². The summed E-state index contributed by atoms with van der Waals surface area (Å²) in [6, 6.07) is 17.4. The largest absolute Gasteiger partial charge is 0.507 e. The Morgan fingerprint density at radius 2 is 1.82 bits per heavy atom. The number of aliphatic hydroxyl groups excluding tert-OH is 1. The van der Waals surface area contributed by atoms with Gasteiger partial charge in [-0.05, 0) is 53.4 Å². The molecular weight excluding hydrogens is 428 g/mol. The van der Waals surface area contributed by atoms with Gasteiger partial charge in [0.05, 0.1) is 11.6 Å². The van der Waals surface area contributed by atoms with E-state index < -0.39 is 17.7 Å². The van der Waals surface area contributed by atoms with Gasteiger partial charge in [-0.1, -0.05) is 49.9 Å². The van der Waals surface area contributed by atoms with Crippen LogP contribution in [0.4, 0.5) is 0 Å². The van der Waals surface area contributed by atoms with Crippen molar-refractivity contribution in [2.45, 2.75) is 25.9 Å². The maximum atomic E-state index is 13.2. The minimum absolute atomic E-state index is 0.0675. The average Bonchev–Trinajstić information content (AvgIpc) is 3.13. The monoisotopic (exact) mass is 454 g/mol. The normalized spacial score (nSPS) is 17.1. The van der Waals surface area contributed by atoms with E-state index in [1.54, 1.807) is 48.8 Å². The molecule has 1 atom stereocenters. The Hall–Kier alpha value is -4.19. The van der Waals surface area contributed by atoms with E-state index in [0.717, 1.165) is 23.1 Å². The summed E-state index contributed by atoms with van der Waals surface area (Å²) in [4.78, 5) is 31.9. The summed E-state index contributed by atoms with van der Waals surface area (Å²) in [6.45, 7) is 6.24. The number of carbonyl (C=O) groups excluding carboxylic acids is 2. The average molecular weight is 455 g/mol. The predicted octanol–water partition coefficient (Wildman–Crippen LogP) is 4.83. The molecule has 172 valence electrons. The van der Waals surface area contributed by atoms with Crippen molar-refractivity contribution in [1.29, 1.82) is 0 Å². The molecule has 1 fully saturated rings. The SMILES string of the molecule is C=CCOc1ccc(C(O)=C2C(=O)C(=O)N(Cc3cccnc3)C2c2ccc(CC)cc2)cc1. The lowest BCUT2D eigenvalue weighted by Crippen LogP contribution is -2.29. The minimum atomic E-state index is -0.720. The van der Waals surface area contributed by atoms with Crippen LogP contribution in [0.2, 0.25) is 0 Å². The molecule has 2 heterocycles. The zero-order valence-corrected chi connectivity index (χ0v) is 19.0. The van der Waals surface area contributed by atoms with Gasteiger partial charge in [-0.3, -0.25) is 14.6 Å². The molecule has 6 heteroatoms. The molecule has 3 aromatic rings. The number of aryl methyl sites for hydroxylation is 1. The van der Waals surface area contributed by atoms with E-state index in [0.29, 0.717) is 17.9 Å². The predicted molar refractivity (Wildman–Crippen MR) is 130 cm³/mol. The van der Waals surface area contributed by atoms with Crippen molar-refractivity contribution >= 4 is 17.4 Å². The van der Waals surface area contributed by atoms with Gasteiger partial charge in [-0.2, -0.15) is 0 Å². The third-order valence-electron chi connectivity index (χ3n) is 5.81. The van der Waals surface area contributed by atoms with E-state index in [4.69, 9.17) is 4.74 Å². The fourth-order valence-electron chi connectivity index (χ4n) is 4.03. The Balaban J connectivity index is 1.78. The van der Waals surface area contributed by atoms with Crippen molar-refractivity contribution in [1.82, 2.24) is 9.88 Å². The van der Waals surface area contributed by atoms with Gasteiger partial charge in [0.2, 0.25) is 0 Å². The maximum absolute atomic E-state index is 13.2. The Morgan fingerprint density at radius 3 is 2.44 bits per heavy atom. The van der Waals surface area contributed by atoms with Crippen LogP contribution in [-0.4, -0.2) is 33.3 Å². The van der Waals surface area contributed by atoms with E-state index in [1.807, 2.05) is 30.3 Å². The van der Waals surface area contributed by atoms with Crippen molar-refractivity contribution in [3.8, 4) is 5.75 Å². The van der Waals surface area contributed by atoms with Crippen LogP contribution < -0.4 is 4.74 Å². The van der Waals surface area contributed by atoms with Crippen molar-refractivity contribution in [3.63, 3.8) is 0 Å². The number of Topliss-reactive ketones (excluding diaryl/α,β-unsaturated/α-hetero) is 1. The number of ether oxygens (including phenoxy) is 1. The van der Waals surface area contributed by atoms with Crippen LogP contribution >= 0.6 is 0 Å². The molecule has 0 aliphatic carbocycles. The fourth-order valence-corrected chi connectivity index (χ4v) is 4.03. The first-order valence-corrected chi connectivity index (χ1v) is 11.1. The molecule has 0 saturated carbocycles. The first kappa shape index (κ1) is 23.0. The Bertz CT molecular complexity index is 1220. The minimum Gasteiger partial charge on any atom is -0.507 e. The zero-order chi connectivity index (χ0) is 24.1. The number of hydrogen-bond donors (Lipinski definition) is 1. The second-order valence-electron chi connectivity index (χ2n) is 8.01. The van der Waals surface area contributed by atoms with Gasteiger partial charge < -0.3 is 14.7 Å². The lowest BCUT2D eigenvalue weighted by molar-refractivity contribution is -0.140. The zero-order valence-electron chi connectivity index (χ0n) is 19.0. The summed E-state index contributed by atoms with van der Waals surface area (Å²) >= 11 is 0. The number of rotatable bonds is 8. The molecule has 1 unspecified atom stereocenters. The van der Waals surface area contributed by atoms with Crippen LogP contribution in [0.1, 0.15) is 35.2 Å². The Morgan fingerprint density at radius 1 is 1.09 bits per heavy atom. The molecule has 6 nitrogen and oxygen atoms in total. The second-order valence-corrected chi connectivity index (χ2v) is 8.01. The highest BCUT2D eigenvalue weighted by Crippen LogP contribution is 2.40. The third-order valence-corrected chi connectivity index (χ3v) is 5.81. The third kappa shape index (κ3) is 4.62. The summed E-state index contributed by atoms with van der Waals surface area (Å²) < 4.78 is 5.50. The van der Waals surface area contributed by atoms with Crippen LogP contribution in [0.3, 0.4) is 0 Å². The van der Waals surface area contributed by atoms with Crippen LogP contribution in [0.25, 0.3) is 5.76 Å². The molecule has 1 N–H and O–H groups in total. The summed E-state index contributed by atoms with van der Waals surface area (Å²) in [5.74, 6) is -0.967. The number of benzene rings is 2. The standard InChI is InChI=1S/C28H26N2O4/c1-3-16-34-23-13-11-22(12-14-23)26(31)24-25(21-9-7-19(4-2)8-10-21)30(28(33)27(24)32)18-20-6-5-15-29-17-20/h3,5-15,17,25,31H,1,4,16,18H2,2H3. The summed E-state index contributed by atoms with van der Waals surface area (Å²) in [5.41, 5.74) is 3.19. The number of amides is 1. The van der Waals surface area contributed by atoms with E-state index >= 15 is 0 Å². The molecule has 0 radical (unpaired) electrons. The number of pyridine rings is 1. The van der Waals surface area contributed by atoms with E-state index in [2.05, 4.69) is 18.5 Å². The number of ketones is 1. The van der Waals surface area contributed by atoms with Gasteiger partial charge >= 0.3 is 0 Å². The molecule has 0 bridgehead atoms. The lowest BCUT2D eigenvalue weighted by atomic mass is 9.94. The lowest BCUT2D eigenvalue weighted by Gasteiger charge is -2.25. The van der Waals surface area contributed by atoms with Gasteiger partial charge in [0.15, 0.2) is 0 Å². The molecular formula is C28H26N2O4. The smallest absolute Gasteiger partial charge is 0.295 e. The van der Waals surface area contributed by atoms with Crippen molar-refractivity contribution in [2.24, 2.45) is 0 Å². The number of hydrogen-bond acceptors (Lipinski definition) is 5. The van der Waals surface area contributed by atoms with Gasteiger partial charge in [0.1, 0.15) is 18.1 Å². The highest BCUT2D eigenvalue weighted by atomic mass is 16.5. The first-order chi connectivity index (χ1) is 16.5. The van der Waals surface area contributed by atoms with Gasteiger partial charge in [0.25, 0.3) is 11.7 Å². The number of aliphatic hydroxyl groups is 1. The molecule has 1 aliphatic heterocycles. The quantitative estimate of drug-likeness (QED) is 0.228. The number of aromatic nitrogens is 1. The van der Waals surface area contributed by atoms with Gasteiger partial charge in [-0.25, -0.2) is 0 Å².